The van der Waals surface area contributed by atoms with Gasteiger partial charge in [-0.25, -0.2) is 0 Å². The van der Waals surface area contributed by atoms with Gasteiger partial charge in [0.15, 0.2) is 0 Å². The number of ether oxygens (including phenoxy) is 3. The van der Waals surface area contributed by atoms with E-state index in [2.05, 4.69) is 44.3 Å². The van der Waals surface area contributed by atoms with Crippen LogP contribution in [0.2, 0.25) is 0 Å². The van der Waals surface area contributed by atoms with E-state index in [4.69, 9.17) is 14.2 Å². The summed E-state index contributed by atoms with van der Waals surface area (Å²) in [4.78, 5) is 4.67. The summed E-state index contributed by atoms with van der Waals surface area (Å²) < 4.78 is 17.9. The minimum atomic E-state index is 0.606. The summed E-state index contributed by atoms with van der Waals surface area (Å²) in [7, 11) is 4.31. The second-order valence-corrected chi connectivity index (χ2v) is 8.99. The molecule has 5 heteroatoms. The maximum atomic E-state index is 6.11. The lowest BCUT2D eigenvalue weighted by atomic mass is 10.2. The van der Waals surface area contributed by atoms with Crippen molar-refractivity contribution >= 4 is 5.76 Å². The van der Waals surface area contributed by atoms with Crippen LogP contribution in [0.15, 0.2) is 49.0 Å². The second kappa shape index (κ2) is 15.4. The highest BCUT2D eigenvalue weighted by Crippen LogP contribution is 2.28. The highest BCUT2D eigenvalue weighted by atomic mass is 16.5. The molecule has 0 aliphatic heterocycles. The van der Waals surface area contributed by atoms with Gasteiger partial charge in [0.25, 0.3) is 0 Å². The zero-order valence-corrected chi connectivity index (χ0v) is 21.9. The fourth-order valence-corrected chi connectivity index (χ4v) is 3.74. The molecule has 0 saturated carbocycles. The van der Waals surface area contributed by atoms with Crippen LogP contribution in [-0.4, -0.2) is 63.3 Å². The number of benzene rings is 2. The number of hydrogen-bond donors (Lipinski definition) is 0. The molecule has 0 atom stereocenters. The molecule has 188 valence electrons. The van der Waals surface area contributed by atoms with Gasteiger partial charge in [0.05, 0.1) is 13.2 Å². The van der Waals surface area contributed by atoms with Crippen molar-refractivity contribution < 1.29 is 14.2 Å². The first-order chi connectivity index (χ1) is 16.4. The van der Waals surface area contributed by atoms with Gasteiger partial charge in [-0.2, -0.15) is 0 Å². The Morgan fingerprint density at radius 1 is 0.765 bits per heavy atom. The van der Waals surface area contributed by atoms with Crippen LogP contribution in [-0.2, 0) is 0 Å². The summed E-state index contributed by atoms with van der Waals surface area (Å²) in [6, 6.07) is 13.9. The first-order valence-electron chi connectivity index (χ1n) is 12.6. The van der Waals surface area contributed by atoms with E-state index in [1.807, 2.05) is 49.4 Å². The van der Waals surface area contributed by atoms with Crippen molar-refractivity contribution in [3.05, 3.63) is 60.2 Å². The zero-order valence-electron chi connectivity index (χ0n) is 21.9. The van der Waals surface area contributed by atoms with Crippen molar-refractivity contribution in [3.8, 4) is 17.2 Å². The Balaban J connectivity index is 1.82. The molecule has 0 aliphatic rings. The molecule has 0 aliphatic carbocycles. The molecule has 0 aromatic heterocycles. The first-order valence-corrected chi connectivity index (χ1v) is 12.6. The number of nitrogens with zero attached hydrogens (tertiary/aromatic N) is 2. The Bertz CT molecular complexity index is 851. The fourth-order valence-electron chi connectivity index (χ4n) is 3.74. The number of hydrogen-bond acceptors (Lipinski definition) is 5. The third-order valence-electron chi connectivity index (χ3n) is 5.69. The predicted octanol–water partition coefficient (Wildman–Crippen LogP) is 6.27. The molecule has 0 N–H and O–H groups in total. The smallest absolute Gasteiger partial charge is 0.134 e. The number of aryl methyl sites for hydroxylation is 1. The molecule has 0 unspecified atom stereocenters. The normalized spacial score (nSPS) is 11.1. The summed E-state index contributed by atoms with van der Waals surface area (Å²) in [5.41, 5.74) is 1.98. The van der Waals surface area contributed by atoms with Gasteiger partial charge in [0.1, 0.15) is 23.0 Å². The van der Waals surface area contributed by atoms with E-state index in [1.165, 1.54) is 12.8 Å². The maximum Gasteiger partial charge on any atom is 0.134 e. The van der Waals surface area contributed by atoms with E-state index in [0.29, 0.717) is 19.0 Å². The van der Waals surface area contributed by atoms with Crippen LogP contribution in [0.3, 0.4) is 0 Å². The van der Waals surface area contributed by atoms with E-state index in [0.717, 1.165) is 67.4 Å². The highest BCUT2D eigenvalue weighted by Gasteiger charge is 2.08. The van der Waals surface area contributed by atoms with Crippen molar-refractivity contribution in [1.82, 2.24) is 9.80 Å². The van der Waals surface area contributed by atoms with Crippen LogP contribution in [0.1, 0.15) is 50.7 Å². The van der Waals surface area contributed by atoms with Crippen molar-refractivity contribution in [2.75, 3.05) is 53.5 Å². The number of rotatable bonds is 17. The molecule has 5 nitrogen and oxygen atoms in total. The molecule has 34 heavy (non-hydrogen) atoms. The van der Waals surface area contributed by atoms with E-state index in [1.54, 1.807) is 0 Å². The second-order valence-electron chi connectivity index (χ2n) is 8.99. The summed E-state index contributed by atoms with van der Waals surface area (Å²) in [5, 5.41) is 0. The van der Waals surface area contributed by atoms with Gasteiger partial charge in [-0.05, 0) is 95.7 Å². The lowest BCUT2D eigenvalue weighted by molar-refractivity contribution is 0.262. The fraction of sp³-hybridized carbons (Fsp3) is 0.517. The Kier molecular flexibility index (Phi) is 12.6. The quantitative estimate of drug-likeness (QED) is 0.202. The predicted molar refractivity (Wildman–Crippen MR) is 143 cm³/mol. The van der Waals surface area contributed by atoms with Crippen LogP contribution in [0, 0.1) is 6.92 Å². The summed E-state index contributed by atoms with van der Waals surface area (Å²) in [5.74, 6) is 3.06. The molecule has 2 aromatic rings. The Labute approximate surface area is 207 Å². The third kappa shape index (κ3) is 10.2. The maximum absolute atomic E-state index is 6.11. The van der Waals surface area contributed by atoms with Crippen LogP contribution in [0.4, 0.5) is 0 Å². The summed E-state index contributed by atoms with van der Waals surface area (Å²) in [6.45, 7) is 16.3. The van der Waals surface area contributed by atoms with Crippen molar-refractivity contribution in [1.29, 1.82) is 0 Å². The highest BCUT2D eigenvalue weighted by molar-refractivity contribution is 5.61. The molecule has 0 bridgehead atoms. The molecule has 2 rings (SSSR count). The van der Waals surface area contributed by atoms with Gasteiger partial charge < -0.3 is 24.0 Å². The minimum absolute atomic E-state index is 0.606. The van der Waals surface area contributed by atoms with Gasteiger partial charge in [0.2, 0.25) is 0 Å². The van der Waals surface area contributed by atoms with Crippen molar-refractivity contribution in [2.24, 2.45) is 0 Å². The van der Waals surface area contributed by atoms with Gasteiger partial charge in [-0.3, -0.25) is 0 Å². The molecule has 0 heterocycles. The van der Waals surface area contributed by atoms with Crippen LogP contribution < -0.4 is 14.2 Å². The Morgan fingerprint density at radius 2 is 1.29 bits per heavy atom. The third-order valence-corrected chi connectivity index (χ3v) is 5.69. The van der Waals surface area contributed by atoms with E-state index < -0.39 is 0 Å². The topological polar surface area (TPSA) is 34.2 Å². The monoisotopic (exact) mass is 468 g/mol. The molecule has 0 spiro atoms. The van der Waals surface area contributed by atoms with Gasteiger partial charge in [-0.15, -0.1) is 0 Å². The van der Waals surface area contributed by atoms with Crippen LogP contribution >= 0.6 is 0 Å². The molecule has 0 fully saturated rings. The molecular weight excluding hydrogens is 424 g/mol. The van der Waals surface area contributed by atoms with E-state index in [-0.39, 0.29) is 0 Å². The van der Waals surface area contributed by atoms with Gasteiger partial charge >= 0.3 is 0 Å². The lowest BCUT2D eigenvalue weighted by Crippen LogP contribution is -2.21. The average molecular weight is 469 g/mol. The SMILES string of the molecule is C=C(Oc1cc(OCCCN(C)CCC)ccc1C)c1ccc(OCCCN(C)CCC)cc1. The Morgan fingerprint density at radius 3 is 1.85 bits per heavy atom. The first kappa shape index (κ1) is 27.7. The van der Waals surface area contributed by atoms with Gasteiger partial charge in [0, 0.05) is 24.7 Å². The van der Waals surface area contributed by atoms with Crippen LogP contribution in [0.25, 0.3) is 5.76 Å². The molecule has 0 saturated heterocycles. The largest absolute Gasteiger partial charge is 0.494 e. The average Bonchev–Trinajstić information content (AvgIpc) is 2.82. The van der Waals surface area contributed by atoms with Crippen molar-refractivity contribution in [3.63, 3.8) is 0 Å². The summed E-state index contributed by atoms with van der Waals surface area (Å²) in [6.07, 6.45) is 4.36. The summed E-state index contributed by atoms with van der Waals surface area (Å²) >= 11 is 0. The van der Waals surface area contributed by atoms with Gasteiger partial charge in [-0.1, -0.05) is 26.5 Å². The van der Waals surface area contributed by atoms with Crippen LogP contribution in [0.5, 0.6) is 17.2 Å². The molecule has 0 radical (unpaired) electrons. The molecule has 0 amide bonds. The Hall–Kier alpha value is -2.50. The standard InChI is InChI=1S/C29H44N2O3/c1-7-17-30(5)19-9-21-32-27-15-12-26(13-16-27)25(4)34-29-23-28(14-11-24(29)3)33-22-10-20-31(6)18-8-2/h11-16,23H,4,7-10,17-22H2,1-3,5-6H3. The molecule has 2 aromatic carbocycles. The van der Waals surface area contributed by atoms with E-state index >= 15 is 0 Å². The zero-order chi connectivity index (χ0) is 24.8. The minimum Gasteiger partial charge on any atom is -0.494 e. The lowest BCUT2D eigenvalue weighted by Gasteiger charge is -2.16. The van der Waals surface area contributed by atoms with Crippen molar-refractivity contribution in [2.45, 2.75) is 46.5 Å². The molecular formula is C29H44N2O3. The van der Waals surface area contributed by atoms with E-state index in [9.17, 15) is 0 Å².